The molecule has 0 radical (unpaired) electrons. The van der Waals surface area contributed by atoms with Crippen molar-refractivity contribution in [2.75, 3.05) is 0 Å². The zero-order valence-electron chi connectivity index (χ0n) is 14.6. The summed E-state index contributed by atoms with van der Waals surface area (Å²) in [6, 6.07) is 7.57. The number of nitrogens with one attached hydrogen (secondary N) is 1. The molecule has 0 atom stereocenters. The van der Waals surface area contributed by atoms with E-state index in [0.717, 1.165) is 6.20 Å². The van der Waals surface area contributed by atoms with Gasteiger partial charge in [0.05, 0.1) is 33.8 Å². The summed E-state index contributed by atoms with van der Waals surface area (Å²) in [7, 11) is 0. The van der Waals surface area contributed by atoms with Crippen LogP contribution in [0.4, 0.5) is 4.39 Å². The van der Waals surface area contributed by atoms with Gasteiger partial charge < -0.3 is 5.32 Å². The number of hydrogen-bond acceptors (Lipinski definition) is 6. The van der Waals surface area contributed by atoms with Gasteiger partial charge in [-0.15, -0.1) is 16.4 Å². The van der Waals surface area contributed by atoms with E-state index in [0.29, 0.717) is 20.6 Å². The van der Waals surface area contributed by atoms with E-state index < -0.39 is 5.82 Å². The van der Waals surface area contributed by atoms with Crippen LogP contribution in [0.3, 0.4) is 0 Å². The lowest BCUT2D eigenvalue weighted by Crippen LogP contribution is -2.21. The molecule has 0 aliphatic rings. The van der Waals surface area contributed by atoms with Crippen LogP contribution in [0.1, 0.15) is 15.4 Å². The minimum Gasteiger partial charge on any atom is -0.346 e. The van der Waals surface area contributed by atoms with Gasteiger partial charge in [-0.25, -0.2) is 9.07 Å². The smallest absolute Gasteiger partial charge is 0.273 e. The highest BCUT2D eigenvalue weighted by Gasteiger charge is 2.12. The zero-order chi connectivity index (χ0) is 20.4. The Balaban J connectivity index is 1.50. The van der Waals surface area contributed by atoms with Gasteiger partial charge in [-0.2, -0.15) is 0 Å². The third kappa shape index (κ3) is 4.08. The first-order valence-electron chi connectivity index (χ1n) is 8.29. The van der Waals surface area contributed by atoms with Crippen molar-refractivity contribution >= 4 is 28.8 Å². The molecule has 1 N–H and O–H groups in total. The van der Waals surface area contributed by atoms with Gasteiger partial charge in [0.1, 0.15) is 11.4 Å². The van der Waals surface area contributed by atoms with Crippen LogP contribution in [0.2, 0.25) is 4.34 Å². The van der Waals surface area contributed by atoms with Crippen LogP contribution in [-0.2, 0) is 6.54 Å². The number of aromatic nitrogens is 5. The van der Waals surface area contributed by atoms with Crippen molar-refractivity contribution in [3.63, 3.8) is 0 Å². The number of thiophene rings is 1. The average Bonchev–Trinajstić information content (AvgIpc) is 3.35. The number of carbonyl (C=O) groups is 1. The molecule has 3 heterocycles. The van der Waals surface area contributed by atoms with E-state index in [9.17, 15) is 14.0 Å². The molecule has 0 bridgehead atoms. The van der Waals surface area contributed by atoms with Crippen LogP contribution in [0.15, 0.2) is 59.9 Å². The highest BCUT2D eigenvalue weighted by Crippen LogP contribution is 2.21. The maximum Gasteiger partial charge on any atom is 0.273 e. The van der Waals surface area contributed by atoms with Gasteiger partial charge in [0, 0.05) is 18.5 Å². The van der Waals surface area contributed by atoms with Crippen LogP contribution in [0.5, 0.6) is 0 Å². The molecular weight excluding hydrogens is 419 g/mol. The van der Waals surface area contributed by atoms with E-state index in [1.54, 1.807) is 18.2 Å². The summed E-state index contributed by atoms with van der Waals surface area (Å²) in [5, 5.41) is 10.5. The molecule has 0 aliphatic carbocycles. The molecule has 1 amide bonds. The van der Waals surface area contributed by atoms with Crippen LogP contribution < -0.4 is 10.9 Å². The van der Waals surface area contributed by atoms with E-state index in [2.05, 4.69) is 20.6 Å². The highest BCUT2D eigenvalue weighted by molar-refractivity contribution is 7.17. The van der Waals surface area contributed by atoms with E-state index in [4.69, 9.17) is 11.6 Å². The van der Waals surface area contributed by atoms with Crippen LogP contribution in [-0.4, -0.2) is 30.5 Å². The van der Waals surface area contributed by atoms with Gasteiger partial charge in [-0.05, 0) is 24.3 Å². The molecule has 0 spiro atoms. The van der Waals surface area contributed by atoms with E-state index in [-0.39, 0.29) is 23.7 Å². The Bertz CT molecular complexity index is 1250. The topological polar surface area (TPSA) is 94.7 Å². The predicted octanol–water partition coefficient (Wildman–Crippen LogP) is 2.60. The van der Waals surface area contributed by atoms with Crippen LogP contribution in [0, 0.1) is 5.82 Å². The number of amides is 1. The summed E-state index contributed by atoms with van der Waals surface area (Å²) >= 11 is 6.99. The lowest BCUT2D eigenvalue weighted by molar-refractivity contribution is 0.0954. The summed E-state index contributed by atoms with van der Waals surface area (Å²) in [5.74, 6) is -0.866. The van der Waals surface area contributed by atoms with E-state index in [1.807, 2.05) is 0 Å². The minimum absolute atomic E-state index is 0.125. The summed E-state index contributed by atoms with van der Waals surface area (Å²) in [4.78, 5) is 28.1. The molecule has 3 aromatic heterocycles. The second-order valence-corrected chi connectivity index (χ2v) is 7.58. The van der Waals surface area contributed by atoms with E-state index in [1.165, 1.54) is 51.3 Å². The molecule has 4 aromatic rings. The summed E-state index contributed by atoms with van der Waals surface area (Å²) < 4.78 is 17.7. The lowest BCUT2D eigenvalue weighted by Gasteiger charge is -2.07. The van der Waals surface area contributed by atoms with Crippen molar-refractivity contribution in [1.29, 1.82) is 0 Å². The number of nitrogens with zero attached hydrogens (tertiary/aromatic N) is 5. The maximum atomic E-state index is 14.6. The summed E-state index contributed by atoms with van der Waals surface area (Å²) in [6.07, 6.45) is 5.55. The maximum absolute atomic E-state index is 14.6. The Labute approximate surface area is 172 Å². The van der Waals surface area contributed by atoms with Crippen LogP contribution >= 0.6 is 22.9 Å². The minimum atomic E-state index is -0.583. The van der Waals surface area contributed by atoms with Gasteiger partial charge in [0.25, 0.3) is 11.5 Å². The molecule has 0 unspecified atom stereocenters. The van der Waals surface area contributed by atoms with E-state index >= 15 is 0 Å². The molecule has 146 valence electrons. The Hall–Kier alpha value is -3.37. The van der Waals surface area contributed by atoms with Crippen molar-refractivity contribution in [2.24, 2.45) is 0 Å². The van der Waals surface area contributed by atoms with Gasteiger partial charge in [0.15, 0.2) is 5.82 Å². The normalized spacial score (nSPS) is 10.8. The molecule has 8 nitrogen and oxygen atoms in total. The fourth-order valence-corrected chi connectivity index (χ4v) is 3.54. The van der Waals surface area contributed by atoms with Crippen molar-refractivity contribution in [1.82, 2.24) is 29.9 Å². The highest BCUT2D eigenvalue weighted by atomic mass is 35.5. The quantitative estimate of drug-likeness (QED) is 0.525. The molecule has 4 rings (SSSR count). The number of hydrogen-bond donors (Lipinski definition) is 1. The summed E-state index contributed by atoms with van der Waals surface area (Å²) in [5.41, 5.74) is 0.604. The number of carbonyl (C=O) groups excluding carboxylic acids is 1. The fraction of sp³-hybridized carbons (Fsp3) is 0.0556. The van der Waals surface area contributed by atoms with Crippen molar-refractivity contribution in [3.05, 3.63) is 86.2 Å². The molecular formula is C18H12ClFN6O2S. The molecule has 0 fully saturated rings. The van der Waals surface area contributed by atoms with Gasteiger partial charge in [0.2, 0.25) is 0 Å². The second-order valence-electron chi connectivity index (χ2n) is 5.86. The Morgan fingerprint density at radius 1 is 1.28 bits per heavy atom. The Morgan fingerprint density at radius 3 is 2.86 bits per heavy atom. The summed E-state index contributed by atoms with van der Waals surface area (Å²) in [6.45, 7) is 0.125. The third-order valence-electron chi connectivity index (χ3n) is 3.95. The molecule has 29 heavy (non-hydrogen) atoms. The van der Waals surface area contributed by atoms with Gasteiger partial charge in [-0.3, -0.25) is 19.1 Å². The van der Waals surface area contributed by atoms with Crippen molar-refractivity contribution < 1.29 is 9.18 Å². The number of halogens is 2. The predicted molar refractivity (Wildman–Crippen MR) is 105 cm³/mol. The van der Waals surface area contributed by atoms with Crippen molar-refractivity contribution in [2.45, 2.75) is 6.54 Å². The van der Waals surface area contributed by atoms with Gasteiger partial charge in [-0.1, -0.05) is 16.8 Å². The standard InChI is InChI=1S/C18H12ClFN6O2S/c19-16-4-3-15(29-16)18(28)22-8-11-10-26(24-23-11)14-2-1-12(7-13(14)20)25-6-5-21-9-17(25)27/h1-7,9-10H,8H2,(H,22,28). The first-order chi connectivity index (χ1) is 14.0. The zero-order valence-corrected chi connectivity index (χ0v) is 16.2. The lowest BCUT2D eigenvalue weighted by atomic mass is 10.2. The number of rotatable bonds is 5. The number of benzene rings is 1. The van der Waals surface area contributed by atoms with Crippen LogP contribution in [0.25, 0.3) is 11.4 Å². The molecule has 1 aromatic carbocycles. The first-order valence-corrected chi connectivity index (χ1v) is 9.48. The Kier molecular flexibility index (Phi) is 5.19. The fourth-order valence-electron chi connectivity index (χ4n) is 2.58. The van der Waals surface area contributed by atoms with Gasteiger partial charge >= 0.3 is 0 Å². The second kappa shape index (κ2) is 7.94. The monoisotopic (exact) mass is 430 g/mol. The van der Waals surface area contributed by atoms with Crippen molar-refractivity contribution in [3.8, 4) is 11.4 Å². The molecule has 11 heteroatoms. The SMILES string of the molecule is O=C(NCc1cn(-c2ccc(-n3ccncc3=O)cc2F)nn1)c1ccc(Cl)s1. The Morgan fingerprint density at radius 2 is 2.14 bits per heavy atom. The molecule has 0 saturated heterocycles. The third-order valence-corrected chi connectivity index (χ3v) is 5.18. The largest absolute Gasteiger partial charge is 0.346 e. The average molecular weight is 431 g/mol. The molecule has 0 aliphatic heterocycles. The molecule has 0 saturated carbocycles. The first kappa shape index (κ1) is 19.0.